The Morgan fingerprint density at radius 3 is 2.56 bits per heavy atom. The Morgan fingerprint density at radius 1 is 1.04 bits per heavy atom. The number of fused-ring (bicyclic) bond motifs is 1. The van der Waals surface area contributed by atoms with E-state index in [1.54, 1.807) is 6.33 Å². The van der Waals surface area contributed by atoms with Gasteiger partial charge in [0.25, 0.3) is 5.56 Å². The SMILES string of the molecule is Cn1c(=O)cc(N2CCN(c3ccc4ncncc4c3)CC2)[nH]c1=O. The highest BCUT2D eigenvalue weighted by molar-refractivity contribution is 5.81. The average Bonchev–Trinajstić information content (AvgIpc) is 2.65. The quantitative estimate of drug-likeness (QED) is 0.725. The van der Waals surface area contributed by atoms with Gasteiger partial charge in [-0.15, -0.1) is 0 Å². The van der Waals surface area contributed by atoms with Crippen LogP contribution >= 0.6 is 0 Å². The lowest BCUT2D eigenvalue weighted by Crippen LogP contribution is -2.48. The first-order valence-corrected chi connectivity index (χ1v) is 8.12. The third-order valence-electron chi connectivity index (χ3n) is 4.60. The Morgan fingerprint density at radius 2 is 1.80 bits per heavy atom. The first kappa shape index (κ1) is 15.4. The van der Waals surface area contributed by atoms with Crippen molar-refractivity contribution in [3.05, 3.63) is 57.6 Å². The zero-order valence-electron chi connectivity index (χ0n) is 13.8. The molecule has 0 spiro atoms. The zero-order chi connectivity index (χ0) is 17.4. The molecule has 3 aromatic rings. The summed E-state index contributed by atoms with van der Waals surface area (Å²) in [5.74, 6) is 0.583. The molecule has 8 heteroatoms. The van der Waals surface area contributed by atoms with E-state index < -0.39 is 0 Å². The molecule has 2 aromatic heterocycles. The Hall–Kier alpha value is -3.16. The molecule has 3 heterocycles. The van der Waals surface area contributed by atoms with Crippen LogP contribution in [0.4, 0.5) is 11.5 Å². The molecule has 0 aliphatic carbocycles. The third kappa shape index (κ3) is 2.86. The van der Waals surface area contributed by atoms with Crippen LogP contribution in [0.1, 0.15) is 0 Å². The highest BCUT2D eigenvalue weighted by atomic mass is 16.2. The van der Waals surface area contributed by atoms with Crippen molar-refractivity contribution in [2.45, 2.75) is 0 Å². The summed E-state index contributed by atoms with van der Waals surface area (Å²) in [6.45, 7) is 3.06. The number of nitrogens with one attached hydrogen (secondary N) is 1. The van der Waals surface area contributed by atoms with E-state index in [1.165, 1.54) is 13.1 Å². The summed E-state index contributed by atoms with van der Waals surface area (Å²) < 4.78 is 1.07. The van der Waals surface area contributed by atoms with Gasteiger partial charge in [-0.1, -0.05) is 0 Å². The minimum Gasteiger partial charge on any atom is -0.368 e. The van der Waals surface area contributed by atoms with Gasteiger partial charge in [0.2, 0.25) is 0 Å². The van der Waals surface area contributed by atoms with Crippen LogP contribution in [0.3, 0.4) is 0 Å². The van der Waals surface area contributed by atoms with E-state index in [0.29, 0.717) is 5.82 Å². The number of H-pyrrole nitrogens is 1. The molecule has 0 radical (unpaired) electrons. The predicted molar refractivity (Wildman–Crippen MR) is 96.3 cm³/mol. The van der Waals surface area contributed by atoms with Gasteiger partial charge in [-0.2, -0.15) is 0 Å². The number of hydrogen-bond acceptors (Lipinski definition) is 6. The van der Waals surface area contributed by atoms with E-state index in [2.05, 4.69) is 32.0 Å². The molecule has 25 heavy (non-hydrogen) atoms. The summed E-state index contributed by atoms with van der Waals surface area (Å²) in [6, 6.07) is 7.62. The smallest absolute Gasteiger partial charge is 0.329 e. The number of rotatable bonds is 2. The summed E-state index contributed by atoms with van der Waals surface area (Å²) in [5, 5.41) is 1.01. The summed E-state index contributed by atoms with van der Waals surface area (Å²) >= 11 is 0. The summed E-state index contributed by atoms with van der Waals surface area (Å²) in [4.78, 5) is 39.0. The molecule has 0 atom stereocenters. The van der Waals surface area contributed by atoms with Crippen molar-refractivity contribution < 1.29 is 0 Å². The largest absolute Gasteiger partial charge is 0.368 e. The standard InChI is InChI=1S/C17H18N6O2/c1-21-16(24)9-15(20-17(21)25)23-6-4-22(5-7-23)13-2-3-14-12(8-13)10-18-11-19-14/h2-3,8-11H,4-7H2,1H3,(H,20,25). The second-order valence-corrected chi connectivity index (χ2v) is 6.10. The van der Waals surface area contributed by atoms with Gasteiger partial charge in [0, 0.05) is 56.6 Å². The molecular weight excluding hydrogens is 320 g/mol. The van der Waals surface area contributed by atoms with Crippen LogP contribution in [0.5, 0.6) is 0 Å². The first-order chi connectivity index (χ1) is 12.1. The topological polar surface area (TPSA) is 87.1 Å². The fourth-order valence-corrected chi connectivity index (χ4v) is 3.09. The van der Waals surface area contributed by atoms with Crippen molar-refractivity contribution in [3.63, 3.8) is 0 Å². The number of aromatic amines is 1. The number of hydrogen-bond donors (Lipinski definition) is 1. The molecule has 0 amide bonds. The lowest BCUT2D eigenvalue weighted by atomic mass is 10.2. The Balaban J connectivity index is 1.52. The maximum atomic E-state index is 11.8. The second-order valence-electron chi connectivity index (χ2n) is 6.10. The van der Waals surface area contributed by atoms with Crippen LogP contribution in [-0.4, -0.2) is 45.7 Å². The summed E-state index contributed by atoms with van der Waals surface area (Å²) in [7, 11) is 1.46. The van der Waals surface area contributed by atoms with E-state index in [1.807, 2.05) is 17.2 Å². The Labute approximate surface area is 143 Å². The fraction of sp³-hybridized carbons (Fsp3) is 0.294. The lowest BCUT2D eigenvalue weighted by molar-refractivity contribution is 0.640. The molecule has 8 nitrogen and oxygen atoms in total. The molecule has 0 bridgehead atoms. The number of piperazine rings is 1. The summed E-state index contributed by atoms with van der Waals surface area (Å²) in [5.41, 5.74) is 1.37. The molecule has 0 saturated carbocycles. The zero-order valence-corrected chi connectivity index (χ0v) is 13.8. The number of benzene rings is 1. The maximum Gasteiger partial charge on any atom is 0.329 e. The van der Waals surface area contributed by atoms with E-state index in [-0.39, 0.29) is 11.2 Å². The first-order valence-electron chi connectivity index (χ1n) is 8.12. The van der Waals surface area contributed by atoms with Crippen molar-refractivity contribution >= 4 is 22.4 Å². The van der Waals surface area contributed by atoms with E-state index in [4.69, 9.17) is 0 Å². The minimum atomic E-state index is -0.389. The van der Waals surface area contributed by atoms with Gasteiger partial charge >= 0.3 is 5.69 Å². The molecule has 0 unspecified atom stereocenters. The number of nitrogens with zero attached hydrogens (tertiary/aromatic N) is 5. The molecule has 1 N–H and O–H groups in total. The third-order valence-corrected chi connectivity index (χ3v) is 4.60. The fourth-order valence-electron chi connectivity index (χ4n) is 3.09. The van der Waals surface area contributed by atoms with Crippen LogP contribution in [0.15, 0.2) is 46.4 Å². The number of aromatic nitrogens is 4. The molecule has 128 valence electrons. The van der Waals surface area contributed by atoms with Crippen molar-refractivity contribution in [1.82, 2.24) is 19.5 Å². The van der Waals surface area contributed by atoms with Crippen molar-refractivity contribution in [1.29, 1.82) is 0 Å². The predicted octanol–water partition coefficient (Wildman–Crippen LogP) is 0.343. The molecular formula is C17H18N6O2. The molecule has 1 aromatic carbocycles. The Bertz CT molecular complexity index is 1000. The maximum absolute atomic E-state index is 11.8. The molecule has 1 saturated heterocycles. The van der Waals surface area contributed by atoms with E-state index in [0.717, 1.165) is 47.3 Å². The lowest BCUT2D eigenvalue weighted by Gasteiger charge is -2.37. The van der Waals surface area contributed by atoms with Crippen LogP contribution in [0.25, 0.3) is 10.9 Å². The Kier molecular flexibility index (Phi) is 3.72. The van der Waals surface area contributed by atoms with Gasteiger partial charge < -0.3 is 9.80 Å². The highest BCUT2D eigenvalue weighted by Crippen LogP contribution is 2.22. The average molecular weight is 338 g/mol. The van der Waals surface area contributed by atoms with Crippen LogP contribution in [-0.2, 0) is 7.05 Å². The van der Waals surface area contributed by atoms with Gasteiger partial charge in [-0.25, -0.2) is 14.8 Å². The van der Waals surface area contributed by atoms with E-state index in [9.17, 15) is 9.59 Å². The van der Waals surface area contributed by atoms with Gasteiger partial charge in [0.05, 0.1) is 5.52 Å². The van der Waals surface area contributed by atoms with Crippen molar-refractivity contribution in [2.75, 3.05) is 36.0 Å². The van der Waals surface area contributed by atoms with Gasteiger partial charge in [-0.05, 0) is 18.2 Å². The normalized spacial score (nSPS) is 14.9. The second kappa shape index (κ2) is 6.04. The van der Waals surface area contributed by atoms with Gasteiger partial charge in [0.1, 0.15) is 12.1 Å². The van der Waals surface area contributed by atoms with Gasteiger partial charge in [0.15, 0.2) is 0 Å². The highest BCUT2D eigenvalue weighted by Gasteiger charge is 2.19. The molecule has 1 aliphatic rings. The molecule has 1 fully saturated rings. The van der Waals surface area contributed by atoms with Crippen molar-refractivity contribution in [2.24, 2.45) is 7.05 Å². The number of anilines is 2. The van der Waals surface area contributed by atoms with Crippen molar-refractivity contribution in [3.8, 4) is 0 Å². The molecule has 1 aliphatic heterocycles. The minimum absolute atomic E-state index is 0.296. The van der Waals surface area contributed by atoms with Crippen LogP contribution in [0.2, 0.25) is 0 Å². The monoisotopic (exact) mass is 338 g/mol. The molecule has 4 rings (SSSR count). The van der Waals surface area contributed by atoms with Crippen LogP contribution in [0, 0.1) is 0 Å². The van der Waals surface area contributed by atoms with Crippen LogP contribution < -0.4 is 21.0 Å². The van der Waals surface area contributed by atoms with Gasteiger partial charge in [-0.3, -0.25) is 14.3 Å². The van der Waals surface area contributed by atoms with E-state index >= 15 is 0 Å². The summed E-state index contributed by atoms with van der Waals surface area (Å²) in [6.07, 6.45) is 3.36.